The van der Waals surface area contributed by atoms with E-state index in [1.807, 2.05) is 0 Å². The van der Waals surface area contributed by atoms with Crippen LogP contribution in [0, 0.1) is 5.82 Å². The Morgan fingerprint density at radius 3 is 2.62 bits per heavy atom. The monoisotopic (exact) mass is 414 g/mol. The van der Waals surface area contributed by atoms with E-state index in [4.69, 9.17) is 5.21 Å². The van der Waals surface area contributed by atoms with E-state index in [9.17, 15) is 17.6 Å². The van der Waals surface area contributed by atoms with Crippen molar-refractivity contribution in [3.05, 3.63) is 64.4 Å². The van der Waals surface area contributed by atoms with Crippen LogP contribution in [0.2, 0.25) is 0 Å². The van der Waals surface area contributed by atoms with Gasteiger partial charge in [-0.15, -0.1) is 0 Å². The van der Waals surface area contributed by atoms with Crippen molar-refractivity contribution in [2.24, 2.45) is 0 Å². The summed E-state index contributed by atoms with van der Waals surface area (Å²) < 4.78 is 41.1. The summed E-state index contributed by atoms with van der Waals surface area (Å²) in [6.07, 6.45) is 2.36. The third kappa shape index (κ3) is 4.63. The zero-order chi connectivity index (χ0) is 17.7. The molecule has 3 N–H and O–H groups in total. The Morgan fingerprint density at radius 1 is 1.21 bits per heavy atom. The van der Waals surface area contributed by atoms with Crippen molar-refractivity contribution in [1.82, 2.24) is 5.48 Å². The molecule has 0 saturated carbocycles. The van der Waals surface area contributed by atoms with E-state index in [1.54, 1.807) is 6.07 Å². The molecule has 24 heavy (non-hydrogen) atoms. The number of rotatable bonds is 5. The van der Waals surface area contributed by atoms with Crippen LogP contribution in [0.15, 0.2) is 57.9 Å². The lowest BCUT2D eigenvalue weighted by molar-refractivity contribution is -0.124. The summed E-state index contributed by atoms with van der Waals surface area (Å²) in [6.45, 7) is 0. The van der Waals surface area contributed by atoms with Gasteiger partial charge in [0, 0.05) is 10.5 Å². The Bertz CT molecular complexity index is 900. The van der Waals surface area contributed by atoms with Crippen LogP contribution in [0.25, 0.3) is 6.08 Å². The van der Waals surface area contributed by atoms with Gasteiger partial charge < -0.3 is 0 Å². The molecule has 0 spiro atoms. The van der Waals surface area contributed by atoms with E-state index < -0.39 is 21.7 Å². The Hall–Kier alpha value is -2.23. The smallest absolute Gasteiger partial charge is 0.267 e. The van der Waals surface area contributed by atoms with Crippen molar-refractivity contribution in [3.63, 3.8) is 0 Å². The lowest BCUT2D eigenvalue weighted by Gasteiger charge is -2.09. The fourth-order valence-electron chi connectivity index (χ4n) is 1.77. The van der Waals surface area contributed by atoms with E-state index in [-0.39, 0.29) is 10.6 Å². The highest BCUT2D eigenvalue weighted by Crippen LogP contribution is 2.23. The quantitative estimate of drug-likeness (QED) is 0.398. The third-order valence-electron chi connectivity index (χ3n) is 2.88. The number of amides is 1. The highest BCUT2D eigenvalue weighted by molar-refractivity contribution is 9.10. The van der Waals surface area contributed by atoms with Gasteiger partial charge in [0.15, 0.2) is 0 Å². The van der Waals surface area contributed by atoms with E-state index in [0.717, 1.165) is 12.1 Å². The second kappa shape index (κ2) is 7.56. The highest BCUT2D eigenvalue weighted by atomic mass is 79.9. The maximum Gasteiger partial charge on any atom is 0.267 e. The molecule has 2 rings (SSSR count). The van der Waals surface area contributed by atoms with Gasteiger partial charge >= 0.3 is 0 Å². The number of benzene rings is 2. The first-order valence-electron chi connectivity index (χ1n) is 6.52. The predicted octanol–water partition coefficient (Wildman–Crippen LogP) is 2.91. The average molecular weight is 415 g/mol. The van der Waals surface area contributed by atoms with Crippen molar-refractivity contribution in [3.8, 4) is 0 Å². The second-order valence-electron chi connectivity index (χ2n) is 4.61. The molecule has 0 heterocycles. The molecular formula is C15H12BrFN2O4S. The van der Waals surface area contributed by atoms with Crippen LogP contribution in [-0.2, 0) is 14.8 Å². The highest BCUT2D eigenvalue weighted by Gasteiger charge is 2.16. The minimum atomic E-state index is -4.00. The molecule has 6 nitrogen and oxygen atoms in total. The lowest BCUT2D eigenvalue weighted by Crippen LogP contribution is -2.15. The van der Waals surface area contributed by atoms with E-state index in [2.05, 4.69) is 20.7 Å². The number of halogens is 2. The van der Waals surface area contributed by atoms with Crippen molar-refractivity contribution in [2.75, 3.05) is 4.72 Å². The van der Waals surface area contributed by atoms with Gasteiger partial charge in [-0.3, -0.25) is 14.7 Å². The summed E-state index contributed by atoms with van der Waals surface area (Å²) in [4.78, 5) is 10.8. The third-order valence-corrected chi connectivity index (χ3v) is 4.74. The lowest BCUT2D eigenvalue weighted by atomic mass is 10.2. The van der Waals surface area contributed by atoms with Crippen LogP contribution in [0.3, 0.4) is 0 Å². The number of nitrogens with one attached hydrogen (secondary N) is 2. The summed E-state index contributed by atoms with van der Waals surface area (Å²) in [5.41, 5.74) is 1.65. The van der Waals surface area contributed by atoms with Crippen molar-refractivity contribution >= 4 is 43.6 Å². The average Bonchev–Trinajstić information content (AvgIpc) is 2.55. The predicted molar refractivity (Wildman–Crippen MR) is 90.3 cm³/mol. The molecular weight excluding hydrogens is 403 g/mol. The molecule has 9 heteroatoms. The largest absolute Gasteiger partial charge is 0.288 e. The first-order chi connectivity index (χ1) is 11.3. The topological polar surface area (TPSA) is 95.5 Å². The van der Waals surface area contributed by atoms with Gasteiger partial charge in [-0.1, -0.05) is 28.1 Å². The molecule has 0 aliphatic heterocycles. The van der Waals surface area contributed by atoms with Gasteiger partial charge in [-0.05, 0) is 42.0 Å². The minimum absolute atomic E-state index is 0.101. The standard InChI is InChI=1S/C15H12BrFN2O4S/c16-11-5-6-14(13(17)9-11)19-24(22,23)12-3-1-2-10(8-12)4-7-15(20)18-21/h1-9,19,21H,(H,18,20)/b7-4+. The summed E-state index contributed by atoms with van der Waals surface area (Å²) >= 11 is 3.09. The number of hydroxylamine groups is 1. The molecule has 2 aromatic carbocycles. The van der Waals surface area contributed by atoms with Crippen LogP contribution in [0.1, 0.15) is 5.56 Å². The van der Waals surface area contributed by atoms with Gasteiger partial charge in [-0.25, -0.2) is 18.3 Å². The molecule has 0 saturated heterocycles. The molecule has 126 valence electrons. The number of hydrogen-bond acceptors (Lipinski definition) is 4. The zero-order valence-electron chi connectivity index (χ0n) is 12.0. The van der Waals surface area contributed by atoms with Crippen LogP contribution in [0.4, 0.5) is 10.1 Å². The molecule has 0 unspecified atom stereocenters. The number of hydrogen-bond donors (Lipinski definition) is 3. The van der Waals surface area contributed by atoms with Crippen molar-refractivity contribution in [1.29, 1.82) is 0 Å². The molecule has 1 amide bonds. The zero-order valence-corrected chi connectivity index (χ0v) is 14.4. The maximum absolute atomic E-state index is 13.8. The maximum atomic E-state index is 13.8. The SMILES string of the molecule is O=C(/C=C/c1cccc(S(=O)(=O)Nc2ccc(Br)cc2F)c1)NO. The summed E-state index contributed by atoms with van der Waals surface area (Å²) in [5, 5.41) is 8.41. The molecule has 0 aliphatic rings. The van der Waals surface area contributed by atoms with Gasteiger partial charge in [0.25, 0.3) is 15.9 Å². The Labute approximate surface area is 146 Å². The van der Waals surface area contributed by atoms with Gasteiger partial charge in [0.05, 0.1) is 10.6 Å². The molecule has 0 aromatic heterocycles. The summed E-state index contributed by atoms with van der Waals surface area (Å²) in [7, 11) is -4.00. The van der Waals surface area contributed by atoms with E-state index >= 15 is 0 Å². The van der Waals surface area contributed by atoms with E-state index in [0.29, 0.717) is 10.0 Å². The molecule has 0 atom stereocenters. The number of carbonyl (C=O) groups excluding carboxylic acids is 1. The van der Waals surface area contributed by atoms with Gasteiger partial charge in [0.2, 0.25) is 0 Å². The fraction of sp³-hybridized carbons (Fsp3) is 0. The van der Waals surface area contributed by atoms with Crippen LogP contribution < -0.4 is 10.2 Å². The van der Waals surface area contributed by atoms with Crippen LogP contribution in [0.5, 0.6) is 0 Å². The Balaban J connectivity index is 2.29. The van der Waals surface area contributed by atoms with Crippen LogP contribution >= 0.6 is 15.9 Å². The summed E-state index contributed by atoms with van der Waals surface area (Å²) in [6, 6.07) is 9.64. The van der Waals surface area contributed by atoms with Crippen LogP contribution in [-0.4, -0.2) is 19.5 Å². The Kier molecular flexibility index (Phi) is 5.71. The molecule has 2 aromatic rings. The number of carbonyl (C=O) groups is 1. The molecule has 0 bridgehead atoms. The van der Waals surface area contributed by atoms with E-state index in [1.165, 1.54) is 41.9 Å². The number of anilines is 1. The Morgan fingerprint density at radius 2 is 1.96 bits per heavy atom. The van der Waals surface area contributed by atoms with Gasteiger partial charge in [0.1, 0.15) is 5.82 Å². The molecule has 0 aliphatic carbocycles. The minimum Gasteiger partial charge on any atom is -0.288 e. The second-order valence-corrected chi connectivity index (χ2v) is 7.21. The normalized spacial score (nSPS) is 11.5. The van der Waals surface area contributed by atoms with Crippen molar-refractivity contribution in [2.45, 2.75) is 4.90 Å². The summed E-state index contributed by atoms with van der Waals surface area (Å²) in [5.74, 6) is -1.47. The first kappa shape index (κ1) is 18.1. The molecule has 0 radical (unpaired) electrons. The van der Waals surface area contributed by atoms with Gasteiger partial charge in [-0.2, -0.15) is 0 Å². The number of sulfonamides is 1. The van der Waals surface area contributed by atoms with Crippen molar-refractivity contribution < 1.29 is 22.8 Å². The first-order valence-corrected chi connectivity index (χ1v) is 8.79. The molecule has 0 fully saturated rings. The fourth-order valence-corrected chi connectivity index (χ4v) is 3.23.